The Morgan fingerprint density at radius 2 is 2.02 bits per heavy atom. The van der Waals surface area contributed by atoms with Gasteiger partial charge in [0.25, 0.3) is 11.8 Å². The summed E-state index contributed by atoms with van der Waals surface area (Å²) in [5, 5.41) is 4.17. The van der Waals surface area contributed by atoms with Crippen LogP contribution in [0, 0.1) is 17.8 Å². The van der Waals surface area contributed by atoms with Crippen molar-refractivity contribution in [3.8, 4) is 5.75 Å². The molecule has 2 amide bonds. The highest BCUT2D eigenvalue weighted by molar-refractivity contribution is 7.93. The molecule has 2 bridgehead atoms. The second-order valence-corrected chi connectivity index (χ2v) is 17.3. The summed E-state index contributed by atoms with van der Waals surface area (Å²) >= 11 is 6.46. The van der Waals surface area contributed by atoms with Gasteiger partial charge in [-0.1, -0.05) is 36.7 Å². The molecule has 10 nitrogen and oxygen atoms in total. The molecule has 266 valence electrons. The summed E-state index contributed by atoms with van der Waals surface area (Å²) < 4.78 is 35.9. The van der Waals surface area contributed by atoms with Crippen molar-refractivity contribution >= 4 is 39.0 Å². The minimum absolute atomic E-state index is 0.0643. The Kier molecular flexibility index (Phi) is 9.60. The molecule has 3 heterocycles. The van der Waals surface area contributed by atoms with Crippen molar-refractivity contribution < 1.29 is 23.3 Å². The maximum Gasteiger partial charge on any atom is 0.286 e. The lowest BCUT2D eigenvalue weighted by Crippen LogP contribution is -2.49. The number of methoxy groups -OCH3 is 1. The first-order valence-corrected chi connectivity index (χ1v) is 19.6. The number of nitrogens with zero attached hydrogens (tertiary/aromatic N) is 4. The Balaban J connectivity index is 1.33. The molecule has 0 radical (unpaired) electrons. The highest BCUT2D eigenvalue weighted by Crippen LogP contribution is 2.47. The van der Waals surface area contributed by atoms with E-state index in [1.54, 1.807) is 27.1 Å². The van der Waals surface area contributed by atoms with Crippen LogP contribution < -0.4 is 14.4 Å². The van der Waals surface area contributed by atoms with Gasteiger partial charge in [-0.05, 0) is 105 Å². The van der Waals surface area contributed by atoms with Crippen LogP contribution >= 0.6 is 11.6 Å². The van der Waals surface area contributed by atoms with E-state index < -0.39 is 27.0 Å². The van der Waals surface area contributed by atoms with Crippen molar-refractivity contribution in [2.24, 2.45) is 29.2 Å². The lowest BCUT2D eigenvalue weighted by Gasteiger charge is -2.46. The van der Waals surface area contributed by atoms with Crippen LogP contribution in [0.25, 0.3) is 0 Å². The number of aromatic nitrogens is 2. The highest BCUT2D eigenvalue weighted by atomic mass is 35.5. The first-order valence-electron chi connectivity index (χ1n) is 17.6. The third-order valence-corrected chi connectivity index (χ3v) is 14.1. The molecule has 12 heteroatoms. The second-order valence-electron chi connectivity index (χ2n) is 14.6. The number of carbonyl (C=O) groups is 2. The van der Waals surface area contributed by atoms with Crippen LogP contribution in [0.5, 0.6) is 5.75 Å². The number of fused-ring (bicyclic) bond motifs is 4. The smallest absolute Gasteiger partial charge is 0.286 e. The fourth-order valence-corrected chi connectivity index (χ4v) is 10.3. The molecule has 2 aromatic carbocycles. The molecule has 2 aliphatic heterocycles. The van der Waals surface area contributed by atoms with E-state index in [0.29, 0.717) is 42.7 Å². The third kappa shape index (κ3) is 6.60. The van der Waals surface area contributed by atoms with Crippen molar-refractivity contribution in [3.05, 3.63) is 88.2 Å². The summed E-state index contributed by atoms with van der Waals surface area (Å²) in [6, 6.07) is 11.6. The molecule has 4 aliphatic rings. The predicted molar refractivity (Wildman–Crippen MR) is 195 cm³/mol. The van der Waals surface area contributed by atoms with E-state index in [2.05, 4.69) is 43.4 Å². The van der Waals surface area contributed by atoms with Crippen LogP contribution in [0.15, 0.2) is 65.3 Å². The number of nitrogens with one attached hydrogen (secondary N) is 1. The zero-order valence-electron chi connectivity index (χ0n) is 29.1. The molecular weight excluding hydrogens is 674 g/mol. The van der Waals surface area contributed by atoms with Crippen molar-refractivity contribution in [1.29, 1.82) is 0 Å². The molecule has 1 fully saturated rings. The SMILES string of the molecule is CO[C@H]1/C=C\C[C@H](C)[C@@H](C)S(=O)(NC(=O)c2cnn(C)c2)=NC(=O)c2ccc3c(c2)N(C[C@@H]2CC[C@H]21)C[C@@]1(CCCc2cc(Cl)ccc21)CO3. The number of rotatable bonds is 3. The summed E-state index contributed by atoms with van der Waals surface area (Å²) in [4.78, 5) is 29.8. The molecule has 0 saturated heterocycles. The average Bonchev–Trinajstić information content (AvgIpc) is 3.47. The van der Waals surface area contributed by atoms with Gasteiger partial charge in [-0.2, -0.15) is 5.10 Å². The van der Waals surface area contributed by atoms with Gasteiger partial charge < -0.3 is 14.4 Å². The number of aryl methyl sites for hydroxylation is 2. The van der Waals surface area contributed by atoms with Gasteiger partial charge in [0.1, 0.15) is 15.7 Å². The van der Waals surface area contributed by atoms with Gasteiger partial charge in [-0.25, -0.2) is 4.21 Å². The van der Waals surface area contributed by atoms with Crippen molar-refractivity contribution in [2.75, 3.05) is 31.7 Å². The molecule has 1 aromatic heterocycles. The first-order chi connectivity index (χ1) is 24.0. The Labute approximate surface area is 299 Å². The zero-order valence-corrected chi connectivity index (χ0v) is 30.7. The van der Waals surface area contributed by atoms with E-state index in [9.17, 15) is 13.8 Å². The predicted octanol–water partition coefficient (Wildman–Crippen LogP) is 6.53. The van der Waals surface area contributed by atoms with Crippen LogP contribution in [0.3, 0.4) is 0 Å². The number of ether oxygens (including phenoxy) is 2. The normalized spacial score (nSPS) is 31.7. The second kappa shape index (κ2) is 13.8. The summed E-state index contributed by atoms with van der Waals surface area (Å²) in [5.41, 5.74) is 3.62. The molecule has 1 saturated carbocycles. The van der Waals surface area contributed by atoms with E-state index in [1.165, 1.54) is 28.2 Å². The number of carbonyl (C=O) groups excluding carboxylic acids is 2. The number of benzene rings is 2. The van der Waals surface area contributed by atoms with Gasteiger partial charge in [0.05, 0.1) is 35.4 Å². The molecule has 1 unspecified atom stereocenters. The maximum absolute atomic E-state index is 14.7. The Bertz CT molecular complexity index is 1950. The Morgan fingerprint density at radius 3 is 2.76 bits per heavy atom. The number of amides is 2. The van der Waals surface area contributed by atoms with E-state index in [4.69, 9.17) is 21.1 Å². The van der Waals surface area contributed by atoms with Crippen LogP contribution in [0.4, 0.5) is 5.69 Å². The highest BCUT2D eigenvalue weighted by Gasteiger charge is 2.44. The van der Waals surface area contributed by atoms with Crippen LogP contribution in [-0.4, -0.2) is 64.0 Å². The van der Waals surface area contributed by atoms with E-state index >= 15 is 0 Å². The zero-order chi connectivity index (χ0) is 35.2. The molecule has 1 N–H and O–H groups in total. The molecule has 2 aliphatic carbocycles. The number of anilines is 1. The lowest BCUT2D eigenvalue weighted by molar-refractivity contribution is 0.0131. The molecule has 50 heavy (non-hydrogen) atoms. The van der Waals surface area contributed by atoms with Gasteiger partial charge in [-0.3, -0.25) is 19.0 Å². The fourth-order valence-electron chi connectivity index (χ4n) is 8.22. The lowest BCUT2D eigenvalue weighted by atomic mass is 9.68. The summed E-state index contributed by atoms with van der Waals surface area (Å²) in [6.45, 7) is 5.74. The number of allylic oxidation sites excluding steroid dienone is 1. The topological polar surface area (TPSA) is 115 Å². The molecule has 1 spiro atoms. The maximum atomic E-state index is 14.7. The largest absolute Gasteiger partial charge is 0.490 e. The average molecular weight is 720 g/mol. The van der Waals surface area contributed by atoms with E-state index in [-0.39, 0.29) is 23.0 Å². The number of hydrogen-bond donors (Lipinski definition) is 1. The van der Waals surface area contributed by atoms with Crippen molar-refractivity contribution in [2.45, 2.75) is 69.1 Å². The number of halogens is 1. The van der Waals surface area contributed by atoms with Gasteiger partial charge in [0, 0.05) is 49.4 Å². The monoisotopic (exact) mass is 719 g/mol. The summed E-state index contributed by atoms with van der Waals surface area (Å²) in [5.74, 6) is -0.000406. The minimum Gasteiger partial charge on any atom is -0.490 e. The third-order valence-electron chi connectivity index (χ3n) is 11.5. The van der Waals surface area contributed by atoms with Gasteiger partial charge in [0.2, 0.25) is 0 Å². The van der Waals surface area contributed by atoms with E-state index in [0.717, 1.165) is 49.4 Å². The van der Waals surface area contributed by atoms with Gasteiger partial charge >= 0.3 is 0 Å². The summed E-state index contributed by atoms with van der Waals surface area (Å²) in [6.07, 6.45) is 12.8. The minimum atomic E-state index is -3.59. The molecular formula is C38H46ClN5O5S. The van der Waals surface area contributed by atoms with Crippen molar-refractivity contribution in [3.63, 3.8) is 0 Å². The Hall–Kier alpha value is -3.67. The molecule has 3 aromatic rings. The van der Waals surface area contributed by atoms with Crippen molar-refractivity contribution in [1.82, 2.24) is 14.5 Å². The van der Waals surface area contributed by atoms with Crippen LogP contribution in [0.2, 0.25) is 5.02 Å². The molecule has 7 rings (SSSR count). The van der Waals surface area contributed by atoms with Crippen LogP contribution in [-0.2, 0) is 33.5 Å². The Morgan fingerprint density at radius 1 is 1.18 bits per heavy atom. The van der Waals surface area contributed by atoms with Gasteiger partial charge in [0.15, 0.2) is 0 Å². The first kappa shape index (κ1) is 34.8. The quantitative estimate of drug-likeness (QED) is 0.307. The molecule has 7 atom stereocenters. The van der Waals surface area contributed by atoms with Crippen LogP contribution in [0.1, 0.15) is 77.8 Å². The summed E-state index contributed by atoms with van der Waals surface area (Å²) in [7, 11) is -0.130. The number of hydrogen-bond acceptors (Lipinski definition) is 7. The fraction of sp³-hybridized carbons (Fsp3) is 0.500. The standard InChI is InChI=1S/C38H46ClN5O5S/c1-24-7-5-9-34(48-4)31-13-10-28(31)21-44-22-38(16-6-8-26-17-30(39)12-14-32(26)38)23-49-35-15-11-27(18-33(35)44)36(45)41-50(47,25(24)2)42-37(46)29-19-40-43(3)20-29/h5,9,11-12,14-15,17-20,24-25,28,31,34H,6-8,10,13,16,21-23H2,1-4H3,(H,41,42,45,46,47)/b9-5-/t24-,25+,28-,31+,34-,38-,50?/m0/s1. The van der Waals surface area contributed by atoms with Gasteiger partial charge in [-0.15, -0.1) is 4.36 Å². The van der Waals surface area contributed by atoms with E-state index in [1.807, 2.05) is 25.1 Å².